The lowest BCUT2D eigenvalue weighted by Crippen LogP contribution is -2.38. The Hall–Kier alpha value is -2.89. The fourth-order valence-electron chi connectivity index (χ4n) is 3.59. The van der Waals surface area contributed by atoms with Gasteiger partial charge >= 0.3 is 0 Å². The van der Waals surface area contributed by atoms with Crippen molar-refractivity contribution >= 4 is 5.91 Å². The lowest BCUT2D eigenvalue weighted by atomic mass is 10.1. The number of aromatic nitrogens is 4. The first-order chi connectivity index (χ1) is 12.7. The van der Waals surface area contributed by atoms with E-state index in [4.69, 9.17) is 0 Å². The first-order valence-electron chi connectivity index (χ1n) is 9.04. The van der Waals surface area contributed by atoms with E-state index in [1.54, 1.807) is 12.5 Å². The zero-order valence-electron chi connectivity index (χ0n) is 15.0. The average Bonchev–Trinajstić information content (AvgIpc) is 3.38. The van der Waals surface area contributed by atoms with Crippen molar-refractivity contribution in [3.63, 3.8) is 0 Å². The Morgan fingerprint density at radius 3 is 2.81 bits per heavy atom. The van der Waals surface area contributed by atoms with E-state index in [-0.39, 0.29) is 11.9 Å². The van der Waals surface area contributed by atoms with E-state index in [0.717, 1.165) is 49.2 Å². The lowest BCUT2D eigenvalue weighted by molar-refractivity contribution is 0.0721. The van der Waals surface area contributed by atoms with Gasteiger partial charge < -0.3 is 9.47 Å². The number of amides is 1. The highest BCUT2D eigenvalue weighted by molar-refractivity contribution is 5.94. The normalized spacial score (nSPS) is 17.0. The molecule has 1 atom stereocenters. The van der Waals surface area contributed by atoms with Crippen molar-refractivity contribution in [1.82, 2.24) is 24.2 Å². The fraction of sp³-hybridized carbons (Fsp3) is 0.350. The molecule has 6 heteroatoms. The second-order valence-corrected chi connectivity index (χ2v) is 6.97. The summed E-state index contributed by atoms with van der Waals surface area (Å²) >= 11 is 0. The summed E-state index contributed by atoms with van der Waals surface area (Å²) in [5.41, 5.74) is 3.06. The van der Waals surface area contributed by atoms with Gasteiger partial charge in [0.15, 0.2) is 0 Å². The number of likely N-dealkylation sites (tertiary alicyclic amines) is 1. The maximum Gasteiger partial charge on any atom is 0.254 e. The summed E-state index contributed by atoms with van der Waals surface area (Å²) in [6, 6.07) is 8.13. The number of aryl methyl sites for hydroxylation is 1. The molecule has 26 heavy (non-hydrogen) atoms. The SMILES string of the molecule is Cc1cnn(C[C@H]2CCCN2C(=O)c2ccc(Cn3ccnc3)cc2)c1. The van der Waals surface area contributed by atoms with Gasteiger partial charge in [0.2, 0.25) is 0 Å². The highest BCUT2D eigenvalue weighted by Crippen LogP contribution is 2.22. The van der Waals surface area contributed by atoms with Crippen molar-refractivity contribution in [1.29, 1.82) is 0 Å². The maximum absolute atomic E-state index is 13.0. The van der Waals surface area contributed by atoms with E-state index in [0.29, 0.717) is 0 Å². The minimum absolute atomic E-state index is 0.116. The first-order valence-corrected chi connectivity index (χ1v) is 9.04. The van der Waals surface area contributed by atoms with Gasteiger partial charge in [0, 0.05) is 37.2 Å². The molecular weight excluding hydrogens is 326 g/mol. The van der Waals surface area contributed by atoms with Crippen LogP contribution < -0.4 is 0 Å². The predicted octanol–water partition coefficient (Wildman–Crippen LogP) is 2.74. The summed E-state index contributed by atoms with van der Waals surface area (Å²) in [5.74, 6) is 0.116. The number of carbonyl (C=O) groups is 1. The zero-order chi connectivity index (χ0) is 17.9. The number of carbonyl (C=O) groups excluding carboxylic acids is 1. The molecule has 0 N–H and O–H groups in total. The molecule has 134 valence electrons. The van der Waals surface area contributed by atoms with E-state index in [1.807, 2.05) is 63.9 Å². The van der Waals surface area contributed by atoms with Crippen LogP contribution in [0.1, 0.15) is 34.3 Å². The predicted molar refractivity (Wildman–Crippen MR) is 98.8 cm³/mol. The van der Waals surface area contributed by atoms with E-state index in [9.17, 15) is 4.79 Å². The number of hydrogen-bond donors (Lipinski definition) is 0. The zero-order valence-corrected chi connectivity index (χ0v) is 15.0. The average molecular weight is 349 g/mol. The minimum Gasteiger partial charge on any atom is -0.334 e. The molecule has 2 aromatic heterocycles. The second kappa shape index (κ2) is 7.15. The summed E-state index contributed by atoms with van der Waals surface area (Å²) in [6.07, 6.45) is 11.5. The summed E-state index contributed by atoms with van der Waals surface area (Å²) in [5, 5.41) is 4.36. The number of hydrogen-bond acceptors (Lipinski definition) is 3. The second-order valence-electron chi connectivity index (χ2n) is 6.97. The Balaban J connectivity index is 1.44. The molecule has 0 bridgehead atoms. The third-order valence-electron chi connectivity index (χ3n) is 4.92. The van der Waals surface area contributed by atoms with Gasteiger partial charge in [0.25, 0.3) is 5.91 Å². The van der Waals surface area contributed by atoms with Crippen LogP contribution in [0.5, 0.6) is 0 Å². The molecule has 3 heterocycles. The molecule has 1 saturated heterocycles. The lowest BCUT2D eigenvalue weighted by Gasteiger charge is -2.25. The Morgan fingerprint density at radius 2 is 2.12 bits per heavy atom. The number of rotatable bonds is 5. The van der Waals surface area contributed by atoms with Crippen LogP contribution in [0.4, 0.5) is 0 Å². The molecule has 1 amide bonds. The maximum atomic E-state index is 13.0. The molecule has 1 aliphatic rings. The smallest absolute Gasteiger partial charge is 0.254 e. The molecule has 3 aromatic rings. The summed E-state index contributed by atoms with van der Waals surface area (Å²) in [7, 11) is 0. The Labute approximate surface area is 153 Å². The van der Waals surface area contributed by atoms with E-state index < -0.39 is 0 Å². The van der Waals surface area contributed by atoms with Crippen LogP contribution in [0.25, 0.3) is 0 Å². The van der Waals surface area contributed by atoms with Gasteiger partial charge in [-0.1, -0.05) is 12.1 Å². The summed E-state index contributed by atoms with van der Waals surface area (Å²) in [4.78, 5) is 19.0. The number of nitrogens with zero attached hydrogens (tertiary/aromatic N) is 5. The van der Waals surface area contributed by atoms with E-state index in [2.05, 4.69) is 10.1 Å². The minimum atomic E-state index is 0.116. The Kier molecular flexibility index (Phi) is 4.56. The molecule has 0 radical (unpaired) electrons. The molecule has 1 aliphatic heterocycles. The van der Waals surface area contributed by atoms with Crippen molar-refractivity contribution in [2.24, 2.45) is 0 Å². The van der Waals surface area contributed by atoms with Crippen LogP contribution >= 0.6 is 0 Å². The summed E-state index contributed by atoms with van der Waals surface area (Å²) in [6.45, 7) is 4.38. The van der Waals surface area contributed by atoms with Crippen molar-refractivity contribution in [2.75, 3.05) is 6.54 Å². The largest absolute Gasteiger partial charge is 0.334 e. The Morgan fingerprint density at radius 1 is 1.27 bits per heavy atom. The van der Waals surface area contributed by atoms with Gasteiger partial charge in [0.05, 0.1) is 25.1 Å². The van der Waals surface area contributed by atoms with Crippen LogP contribution in [-0.2, 0) is 13.1 Å². The van der Waals surface area contributed by atoms with E-state index in [1.165, 1.54) is 0 Å². The van der Waals surface area contributed by atoms with Crippen molar-refractivity contribution < 1.29 is 4.79 Å². The van der Waals surface area contributed by atoms with Gasteiger partial charge in [-0.3, -0.25) is 9.48 Å². The molecule has 6 nitrogen and oxygen atoms in total. The molecular formula is C20H23N5O. The third-order valence-corrected chi connectivity index (χ3v) is 4.92. The molecule has 0 aliphatic carbocycles. The molecule has 4 rings (SSSR count). The third kappa shape index (κ3) is 3.54. The van der Waals surface area contributed by atoms with Crippen LogP contribution in [0.2, 0.25) is 0 Å². The molecule has 1 fully saturated rings. The highest BCUT2D eigenvalue weighted by atomic mass is 16.2. The van der Waals surface area contributed by atoms with Crippen LogP contribution in [0, 0.1) is 6.92 Å². The molecule has 1 aromatic carbocycles. The molecule has 0 spiro atoms. The van der Waals surface area contributed by atoms with Gasteiger partial charge in [-0.15, -0.1) is 0 Å². The van der Waals surface area contributed by atoms with Crippen LogP contribution in [-0.4, -0.2) is 42.7 Å². The molecule has 0 saturated carbocycles. The summed E-state index contributed by atoms with van der Waals surface area (Å²) < 4.78 is 3.96. The van der Waals surface area contributed by atoms with Gasteiger partial charge in [0.1, 0.15) is 0 Å². The van der Waals surface area contributed by atoms with Gasteiger partial charge in [-0.25, -0.2) is 4.98 Å². The number of benzene rings is 1. The molecule has 0 unspecified atom stereocenters. The quantitative estimate of drug-likeness (QED) is 0.712. The van der Waals surface area contributed by atoms with E-state index >= 15 is 0 Å². The number of imidazole rings is 1. The first kappa shape index (κ1) is 16.6. The van der Waals surface area contributed by atoms with Gasteiger partial charge in [-0.2, -0.15) is 5.10 Å². The van der Waals surface area contributed by atoms with Gasteiger partial charge in [-0.05, 0) is 43.0 Å². The standard InChI is InChI=1S/C20H23N5O/c1-16-11-22-24(12-16)14-19-3-2-9-25(19)20(26)18-6-4-17(5-7-18)13-23-10-8-21-15-23/h4-8,10-12,15,19H,2-3,9,13-14H2,1H3/t19-/m1/s1. The van der Waals surface area contributed by atoms with Crippen molar-refractivity contribution in [2.45, 2.75) is 38.9 Å². The highest BCUT2D eigenvalue weighted by Gasteiger charge is 2.29. The fourth-order valence-corrected chi connectivity index (χ4v) is 3.59. The Bertz CT molecular complexity index is 866. The van der Waals surface area contributed by atoms with Crippen molar-refractivity contribution in [3.05, 3.63) is 72.1 Å². The van der Waals surface area contributed by atoms with Crippen LogP contribution in [0.3, 0.4) is 0 Å². The topological polar surface area (TPSA) is 56.0 Å². The van der Waals surface area contributed by atoms with Crippen LogP contribution in [0.15, 0.2) is 55.4 Å². The monoisotopic (exact) mass is 349 g/mol. The van der Waals surface area contributed by atoms with Crippen molar-refractivity contribution in [3.8, 4) is 0 Å².